The Kier molecular flexibility index (Phi) is 23.2. The van der Waals surface area contributed by atoms with Crippen LogP contribution >= 0.6 is 11.8 Å². The van der Waals surface area contributed by atoms with Gasteiger partial charge in [0.2, 0.25) is 41.2 Å². The van der Waals surface area contributed by atoms with Crippen molar-refractivity contribution >= 4 is 70.8 Å². The maximum Gasteiger partial charge on any atom is 0.305 e. The second-order valence-electron chi connectivity index (χ2n) is 18.1. The molecule has 0 fully saturated rings. The molecule has 0 radical (unpaired) electrons. The second kappa shape index (κ2) is 27.4. The van der Waals surface area contributed by atoms with Crippen molar-refractivity contribution in [2.45, 2.75) is 155 Å². The average molecular weight is 970 g/mol. The minimum atomic E-state index is -1.72. The van der Waals surface area contributed by atoms with Crippen molar-refractivity contribution < 1.29 is 58.2 Å². The molecule has 1 aromatic carbocycles. The molecule has 0 bridgehead atoms. The molecule has 0 saturated carbocycles. The number of rotatable bonds is 28. The summed E-state index contributed by atoms with van der Waals surface area (Å²) in [5.74, 6) is -10.8. The molecule has 22 heteroatoms. The van der Waals surface area contributed by atoms with Crippen molar-refractivity contribution in [2.75, 3.05) is 5.75 Å². The van der Waals surface area contributed by atoms with E-state index in [1.54, 1.807) is 85.7 Å². The first-order valence-corrected chi connectivity index (χ1v) is 23.3. The lowest BCUT2D eigenvalue weighted by atomic mass is 9.85. The fourth-order valence-corrected chi connectivity index (χ4v) is 7.62. The molecule has 0 unspecified atom stereocenters. The van der Waals surface area contributed by atoms with E-state index in [0.717, 1.165) is 17.3 Å². The number of primary amides is 1. The number of aryl methyl sites for hydroxylation is 3. The summed E-state index contributed by atoms with van der Waals surface area (Å²) in [6, 6.07) is -0.0182. The van der Waals surface area contributed by atoms with E-state index in [9.17, 15) is 58.2 Å². The summed E-state index contributed by atoms with van der Waals surface area (Å²) >= 11 is 0.941. The largest absolute Gasteiger partial charge is 0.481 e. The van der Waals surface area contributed by atoms with Crippen molar-refractivity contribution in [3.63, 3.8) is 0 Å². The number of unbranched alkanes of at least 4 members (excludes halogenated alkanes) is 1. The van der Waals surface area contributed by atoms with Crippen LogP contribution in [-0.4, -0.2) is 121 Å². The number of carboxylic acids is 2. The van der Waals surface area contributed by atoms with Crippen LogP contribution in [0, 0.1) is 32.1 Å². The van der Waals surface area contributed by atoms with Gasteiger partial charge in [0.05, 0.1) is 18.2 Å². The van der Waals surface area contributed by atoms with E-state index in [0.29, 0.717) is 29.8 Å². The third-order valence-electron chi connectivity index (χ3n) is 10.4. The number of benzene rings is 1. The molecule has 68 heavy (non-hydrogen) atoms. The van der Waals surface area contributed by atoms with Crippen LogP contribution in [0.3, 0.4) is 0 Å². The van der Waals surface area contributed by atoms with Gasteiger partial charge in [-0.2, -0.15) is 0 Å². The molecule has 0 saturated heterocycles. The minimum absolute atomic E-state index is 0.0983. The molecule has 374 valence electrons. The smallest absolute Gasteiger partial charge is 0.305 e. The van der Waals surface area contributed by atoms with Gasteiger partial charge in [0, 0.05) is 24.2 Å². The SMILES string of the molecule is CCCC[C@H](NC(=O)[C@H](CC(C)C)NC(=O)[C@@H](NC(=O)[C@H](Cc1ccccc1C)NC(=O)[C@H](CCC(=O)O)NC(=O)[C@H](CC(=O)O)NC(=O)CSc1nc(C)cc(C)n1)C(C)(C)C)C(=O)C(N)=O. The van der Waals surface area contributed by atoms with Gasteiger partial charge in [0.25, 0.3) is 5.91 Å². The quantitative estimate of drug-likeness (QED) is 0.0330. The van der Waals surface area contributed by atoms with Crippen LogP contribution in [0.15, 0.2) is 35.5 Å². The van der Waals surface area contributed by atoms with E-state index in [4.69, 9.17) is 5.73 Å². The van der Waals surface area contributed by atoms with E-state index < -0.39 is 120 Å². The molecule has 0 spiro atoms. The van der Waals surface area contributed by atoms with Gasteiger partial charge < -0.3 is 47.8 Å². The molecule has 10 N–H and O–H groups in total. The number of carbonyl (C=O) groups is 10. The highest BCUT2D eigenvalue weighted by atomic mass is 32.2. The number of nitrogens with zero attached hydrogens (tertiary/aromatic N) is 2. The van der Waals surface area contributed by atoms with Crippen LogP contribution in [0.4, 0.5) is 0 Å². The van der Waals surface area contributed by atoms with Crippen LogP contribution in [0.5, 0.6) is 0 Å². The lowest BCUT2D eigenvalue weighted by Gasteiger charge is -2.34. The summed E-state index contributed by atoms with van der Waals surface area (Å²) in [5, 5.41) is 34.7. The third-order valence-corrected chi connectivity index (χ3v) is 11.2. The number of nitrogens with one attached hydrogen (secondary N) is 6. The highest BCUT2D eigenvalue weighted by molar-refractivity contribution is 7.99. The first-order valence-electron chi connectivity index (χ1n) is 22.3. The molecule has 0 aliphatic rings. The van der Waals surface area contributed by atoms with Gasteiger partial charge in [0.15, 0.2) is 5.16 Å². The lowest BCUT2D eigenvalue weighted by Crippen LogP contribution is -2.62. The van der Waals surface area contributed by atoms with Gasteiger partial charge in [-0.05, 0) is 68.6 Å². The number of aliphatic carboxylic acids is 2. The van der Waals surface area contributed by atoms with E-state index >= 15 is 0 Å². The number of amides is 7. The van der Waals surface area contributed by atoms with Crippen molar-refractivity contribution in [3.05, 3.63) is 52.8 Å². The first kappa shape index (κ1) is 57.7. The summed E-state index contributed by atoms with van der Waals surface area (Å²) in [6.07, 6.45) is -0.864. The van der Waals surface area contributed by atoms with Gasteiger partial charge >= 0.3 is 11.9 Å². The Labute approximate surface area is 400 Å². The van der Waals surface area contributed by atoms with Crippen LogP contribution in [-0.2, 0) is 54.4 Å². The van der Waals surface area contributed by atoms with Gasteiger partial charge in [-0.1, -0.05) is 90.4 Å². The highest BCUT2D eigenvalue weighted by Crippen LogP contribution is 2.22. The zero-order valence-corrected chi connectivity index (χ0v) is 41.0. The number of carboxylic acid groups (broad SMARTS) is 2. The van der Waals surface area contributed by atoms with E-state index in [-0.39, 0.29) is 36.1 Å². The molecule has 7 amide bonds. The topological polar surface area (TPSA) is 335 Å². The fraction of sp³-hybridized carbons (Fsp3) is 0.565. The van der Waals surface area contributed by atoms with Crippen LogP contribution in [0.1, 0.15) is 109 Å². The molecular weight excluding hydrogens is 903 g/mol. The summed E-state index contributed by atoms with van der Waals surface area (Å²) < 4.78 is 0. The number of hydrogen-bond donors (Lipinski definition) is 9. The predicted octanol–water partition coefficient (Wildman–Crippen LogP) is 1.32. The van der Waals surface area contributed by atoms with E-state index in [1.807, 2.05) is 6.92 Å². The van der Waals surface area contributed by atoms with Gasteiger partial charge in [-0.25, -0.2) is 9.97 Å². The minimum Gasteiger partial charge on any atom is -0.481 e. The summed E-state index contributed by atoms with van der Waals surface area (Å²) in [4.78, 5) is 140. The molecule has 2 aromatic rings. The molecule has 21 nitrogen and oxygen atoms in total. The average Bonchev–Trinajstić information content (AvgIpc) is 3.23. The third kappa shape index (κ3) is 20.2. The number of nitrogens with two attached hydrogens (primary N) is 1. The van der Waals surface area contributed by atoms with Gasteiger partial charge in [-0.15, -0.1) is 0 Å². The monoisotopic (exact) mass is 969 g/mol. The summed E-state index contributed by atoms with van der Waals surface area (Å²) in [7, 11) is 0. The molecule has 0 aliphatic heterocycles. The van der Waals surface area contributed by atoms with Crippen molar-refractivity contribution in [1.29, 1.82) is 0 Å². The Morgan fingerprint density at radius 2 is 1.24 bits per heavy atom. The number of Topliss-reactive ketones (excluding diaryl/α,β-unsaturated/α-hetero) is 1. The fourth-order valence-electron chi connectivity index (χ4n) is 6.85. The Balaban J connectivity index is 2.47. The van der Waals surface area contributed by atoms with Crippen molar-refractivity contribution in [3.8, 4) is 0 Å². The second-order valence-corrected chi connectivity index (χ2v) is 19.0. The number of thioether (sulfide) groups is 1. The van der Waals surface area contributed by atoms with Crippen LogP contribution < -0.4 is 37.6 Å². The Morgan fingerprint density at radius 3 is 1.78 bits per heavy atom. The zero-order chi connectivity index (χ0) is 51.5. The molecule has 1 heterocycles. The number of carbonyl (C=O) groups excluding carboxylic acids is 8. The summed E-state index contributed by atoms with van der Waals surface area (Å²) in [6.45, 7) is 15.7. The van der Waals surface area contributed by atoms with Crippen molar-refractivity contribution in [2.24, 2.45) is 17.1 Å². The summed E-state index contributed by atoms with van der Waals surface area (Å²) in [5.41, 5.74) is 6.84. The van der Waals surface area contributed by atoms with E-state index in [2.05, 4.69) is 41.9 Å². The number of ketones is 1. The van der Waals surface area contributed by atoms with E-state index in [1.165, 1.54) is 0 Å². The zero-order valence-electron chi connectivity index (χ0n) is 40.1. The normalized spacial score (nSPS) is 13.9. The highest BCUT2D eigenvalue weighted by Gasteiger charge is 2.39. The van der Waals surface area contributed by atoms with Gasteiger partial charge in [0.1, 0.15) is 30.2 Å². The standard InChI is InChI=1S/C46H67N9O12S/c1-10-11-16-29(37(61)39(47)62)51-41(64)31(19-24(2)3)54-44(67)38(46(7,8)9)55-43(66)32(21-28-15-13-12-14-25(28)4)53-40(63)30(17-18-35(57)58)52-42(65)33(22-36(59)60)50-34(56)23-68-45-48-26(5)20-27(6)49-45/h12-15,20,24,29-33,38H,10-11,16-19,21-23H2,1-9H3,(H2,47,62)(H,50,56)(H,51,64)(H,52,65)(H,53,63)(H,54,67)(H,55,66)(H,57,58)(H,59,60)/t29-,30-,31-,32-,33-,38+/m0/s1. The number of aromatic nitrogens is 2. The molecular formula is C46H67N9O12S. The van der Waals surface area contributed by atoms with Crippen molar-refractivity contribution in [1.82, 2.24) is 41.9 Å². The predicted molar refractivity (Wildman–Crippen MR) is 250 cm³/mol. The number of hydrogen-bond acceptors (Lipinski definition) is 13. The first-order chi connectivity index (χ1) is 31.7. The Hall–Kier alpha value is -6.45. The molecule has 0 aliphatic carbocycles. The lowest BCUT2D eigenvalue weighted by molar-refractivity contribution is -0.141. The Bertz CT molecular complexity index is 2140. The van der Waals surface area contributed by atoms with Gasteiger partial charge in [-0.3, -0.25) is 47.9 Å². The maximum atomic E-state index is 14.4. The van der Waals surface area contributed by atoms with Crippen LogP contribution in [0.25, 0.3) is 0 Å². The maximum absolute atomic E-state index is 14.4. The van der Waals surface area contributed by atoms with Crippen LogP contribution in [0.2, 0.25) is 0 Å². The Morgan fingerprint density at radius 1 is 0.691 bits per heavy atom. The molecule has 1 aromatic heterocycles. The molecule has 6 atom stereocenters. The molecule has 2 rings (SSSR count).